The summed E-state index contributed by atoms with van der Waals surface area (Å²) in [5, 5.41) is 2.79. The lowest BCUT2D eigenvalue weighted by Crippen LogP contribution is -2.35. The number of hydrogen-bond donors (Lipinski definition) is 1. The lowest BCUT2D eigenvalue weighted by Gasteiger charge is -2.19. The van der Waals surface area contributed by atoms with Crippen LogP contribution in [0.4, 0.5) is 4.79 Å². The highest BCUT2D eigenvalue weighted by Gasteiger charge is 2.46. The Labute approximate surface area is 126 Å². The summed E-state index contributed by atoms with van der Waals surface area (Å²) in [6.45, 7) is 7.71. The minimum atomic E-state index is -0.489. The average Bonchev–Trinajstić information content (AvgIpc) is 3.13. The molecule has 1 aromatic carbocycles. The molecular formula is C17H25NO3. The van der Waals surface area contributed by atoms with Crippen LogP contribution in [0.2, 0.25) is 0 Å². The molecule has 0 spiro atoms. The van der Waals surface area contributed by atoms with Crippen LogP contribution in [-0.4, -0.2) is 24.0 Å². The van der Waals surface area contributed by atoms with Crippen molar-refractivity contribution < 1.29 is 14.3 Å². The maximum Gasteiger partial charge on any atom is 0.409 e. The van der Waals surface area contributed by atoms with Crippen molar-refractivity contribution in [3.8, 4) is 0 Å². The molecule has 0 bridgehead atoms. The van der Waals surface area contributed by atoms with E-state index in [2.05, 4.69) is 24.4 Å². The predicted molar refractivity (Wildman–Crippen MR) is 82.1 cm³/mol. The fourth-order valence-corrected chi connectivity index (χ4v) is 2.50. The molecule has 1 heterocycles. The summed E-state index contributed by atoms with van der Waals surface area (Å²) in [5.41, 5.74) is 0.773. The molecule has 4 heteroatoms. The Bertz CT molecular complexity index is 467. The molecule has 2 rings (SSSR count). The van der Waals surface area contributed by atoms with Crippen LogP contribution in [0.1, 0.15) is 52.0 Å². The van der Waals surface area contributed by atoms with Gasteiger partial charge in [-0.05, 0) is 32.8 Å². The van der Waals surface area contributed by atoms with Crippen LogP contribution in [0, 0.1) is 0 Å². The number of nitrogens with one attached hydrogen (secondary N) is 1. The number of hydrogen-bond acceptors (Lipinski definition) is 3. The number of amides is 1. The van der Waals surface area contributed by atoms with Crippen molar-refractivity contribution in [3.05, 3.63) is 35.9 Å². The molecule has 1 fully saturated rings. The van der Waals surface area contributed by atoms with Gasteiger partial charge >= 0.3 is 6.09 Å². The number of ether oxygens (including phenoxy) is 2. The van der Waals surface area contributed by atoms with Crippen LogP contribution >= 0.6 is 0 Å². The zero-order chi connectivity index (χ0) is 15.5. The molecule has 1 aliphatic rings. The van der Waals surface area contributed by atoms with Crippen LogP contribution in [0.5, 0.6) is 0 Å². The molecule has 0 aliphatic carbocycles. The first-order valence-corrected chi connectivity index (χ1v) is 7.60. The van der Waals surface area contributed by atoms with E-state index in [0.717, 1.165) is 12.8 Å². The average molecular weight is 291 g/mol. The Hall–Kier alpha value is -1.55. The molecule has 1 saturated heterocycles. The number of alkyl carbamates (subject to hydrolysis) is 1. The van der Waals surface area contributed by atoms with Crippen molar-refractivity contribution in [1.82, 2.24) is 5.32 Å². The molecular weight excluding hydrogens is 266 g/mol. The number of carbonyl (C=O) groups is 1. The number of benzene rings is 1. The number of rotatable bonds is 5. The van der Waals surface area contributed by atoms with E-state index in [4.69, 9.17) is 9.47 Å². The van der Waals surface area contributed by atoms with Gasteiger partial charge in [-0.15, -0.1) is 0 Å². The SMILES string of the molecule is CCCC(c1ccccc1)C1OC1NC(=O)OC(C)(C)C. The van der Waals surface area contributed by atoms with Gasteiger partial charge in [-0.1, -0.05) is 43.7 Å². The lowest BCUT2D eigenvalue weighted by molar-refractivity contribution is 0.0503. The van der Waals surface area contributed by atoms with E-state index < -0.39 is 11.7 Å². The largest absolute Gasteiger partial charge is 0.444 e. The maximum atomic E-state index is 11.8. The molecule has 3 atom stereocenters. The molecule has 0 radical (unpaired) electrons. The summed E-state index contributed by atoms with van der Waals surface area (Å²) in [4.78, 5) is 11.8. The quantitative estimate of drug-likeness (QED) is 0.839. The van der Waals surface area contributed by atoms with Crippen LogP contribution in [0.25, 0.3) is 0 Å². The minimum Gasteiger partial charge on any atom is -0.444 e. The Kier molecular flexibility index (Phi) is 4.88. The van der Waals surface area contributed by atoms with Gasteiger partial charge in [0, 0.05) is 5.92 Å². The minimum absolute atomic E-state index is 0.0415. The highest BCUT2D eigenvalue weighted by atomic mass is 16.6. The standard InChI is InChI=1S/C17H25NO3/c1-5-9-13(12-10-7-6-8-11-12)14-15(20-14)18-16(19)21-17(2,3)4/h6-8,10-11,13-15H,5,9H2,1-4H3,(H,18,19). The molecule has 116 valence electrons. The summed E-state index contributed by atoms with van der Waals surface area (Å²) >= 11 is 0. The molecule has 1 amide bonds. The van der Waals surface area contributed by atoms with Gasteiger partial charge in [-0.3, -0.25) is 5.32 Å². The summed E-state index contributed by atoms with van der Waals surface area (Å²) < 4.78 is 10.9. The van der Waals surface area contributed by atoms with E-state index in [0.29, 0.717) is 5.92 Å². The molecule has 0 saturated carbocycles. The first kappa shape index (κ1) is 15.8. The van der Waals surface area contributed by atoms with Crippen LogP contribution in [-0.2, 0) is 9.47 Å². The third-order valence-electron chi connectivity index (χ3n) is 3.41. The third kappa shape index (κ3) is 4.74. The van der Waals surface area contributed by atoms with Crippen molar-refractivity contribution in [3.63, 3.8) is 0 Å². The van der Waals surface area contributed by atoms with Crippen molar-refractivity contribution >= 4 is 6.09 Å². The topological polar surface area (TPSA) is 50.9 Å². The summed E-state index contributed by atoms with van der Waals surface area (Å²) in [6, 6.07) is 10.3. The van der Waals surface area contributed by atoms with Crippen molar-refractivity contribution in [2.45, 2.75) is 64.4 Å². The van der Waals surface area contributed by atoms with Crippen molar-refractivity contribution in [1.29, 1.82) is 0 Å². The van der Waals surface area contributed by atoms with Gasteiger partial charge in [0.25, 0.3) is 0 Å². The van der Waals surface area contributed by atoms with Gasteiger partial charge in [0.15, 0.2) is 6.23 Å². The summed E-state index contributed by atoms with van der Waals surface area (Å²) in [6.07, 6.45) is 1.51. The van der Waals surface area contributed by atoms with Crippen LogP contribution < -0.4 is 5.32 Å². The lowest BCUT2D eigenvalue weighted by atomic mass is 9.91. The fourth-order valence-electron chi connectivity index (χ4n) is 2.50. The summed E-state index contributed by atoms with van der Waals surface area (Å²) in [5.74, 6) is 0.316. The van der Waals surface area contributed by atoms with Crippen LogP contribution in [0.15, 0.2) is 30.3 Å². The molecule has 21 heavy (non-hydrogen) atoms. The molecule has 0 aromatic heterocycles. The predicted octanol–water partition coefficient (Wildman–Crippen LogP) is 3.82. The normalized spacial score (nSPS) is 22.5. The van der Waals surface area contributed by atoms with E-state index in [1.807, 2.05) is 39.0 Å². The monoisotopic (exact) mass is 291 g/mol. The second-order valence-corrected chi connectivity index (χ2v) is 6.47. The van der Waals surface area contributed by atoms with Gasteiger partial charge < -0.3 is 9.47 Å². The second-order valence-electron chi connectivity index (χ2n) is 6.47. The zero-order valence-electron chi connectivity index (χ0n) is 13.3. The van der Waals surface area contributed by atoms with Crippen LogP contribution in [0.3, 0.4) is 0 Å². The van der Waals surface area contributed by atoms with Gasteiger partial charge in [-0.2, -0.15) is 0 Å². The maximum absolute atomic E-state index is 11.8. The van der Waals surface area contributed by atoms with E-state index >= 15 is 0 Å². The van der Waals surface area contributed by atoms with E-state index in [1.54, 1.807) is 0 Å². The summed E-state index contributed by atoms with van der Waals surface area (Å²) in [7, 11) is 0. The Balaban J connectivity index is 1.92. The molecule has 3 unspecified atom stereocenters. The third-order valence-corrected chi connectivity index (χ3v) is 3.41. The molecule has 1 aliphatic heterocycles. The fraction of sp³-hybridized carbons (Fsp3) is 0.588. The zero-order valence-corrected chi connectivity index (χ0v) is 13.3. The Morgan fingerprint density at radius 3 is 2.57 bits per heavy atom. The van der Waals surface area contributed by atoms with Crippen molar-refractivity contribution in [2.75, 3.05) is 0 Å². The molecule has 1 N–H and O–H groups in total. The highest BCUT2D eigenvalue weighted by molar-refractivity contribution is 5.68. The smallest absolute Gasteiger partial charge is 0.409 e. The number of carbonyl (C=O) groups excluding carboxylic acids is 1. The Morgan fingerprint density at radius 1 is 1.33 bits per heavy atom. The van der Waals surface area contributed by atoms with Gasteiger partial charge in [0.05, 0.1) is 0 Å². The number of epoxide rings is 1. The van der Waals surface area contributed by atoms with E-state index in [-0.39, 0.29) is 12.3 Å². The molecule has 1 aromatic rings. The Morgan fingerprint density at radius 2 is 2.00 bits per heavy atom. The second kappa shape index (κ2) is 6.48. The first-order valence-electron chi connectivity index (χ1n) is 7.60. The molecule has 4 nitrogen and oxygen atoms in total. The first-order chi connectivity index (χ1) is 9.90. The highest BCUT2D eigenvalue weighted by Crippen LogP contribution is 2.37. The van der Waals surface area contributed by atoms with E-state index in [9.17, 15) is 4.79 Å². The van der Waals surface area contributed by atoms with Crippen molar-refractivity contribution in [2.24, 2.45) is 0 Å². The van der Waals surface area contributed by atoms with Gasteiger partial charge in [0.1, 0.15) is 11.7 Å². The van der Waals surface area contributed by atoms with E-state index in [1.165, 1.54) is 5.56 Å². The van der Waals surface area contributed by atoms with Gasteiger partial charge in [-0.25, -0.2) is 4.79 Å². The van der Waals surface area contributed by atoms with Gasteiger partial charge in [0.2, 0.25) is 0 Å².